The van der Waals surface area contributed by atoms with Crippen molar-refractivity contribution >= 4 is 5.78 Å². The van der Waals surface area contributed by atoms with E-state index in [9.17, 15) is 4.79 Å². The Morgan fingerprint density at radius 1 is 1.06 bits per heavy atom. The lowest BCUT2D eigenvalue weighted by atomic mass is 9.94. The Morgan fingerprint density at radius 2 is 1.72 bits per heavy atom. The molecule has 0 bridgehead atoms. The van der Waals surface area contributed by atoms with Crippen LogP contribution in [-0.2, 0) is 9.53 Å². The van der Waals surface area contributed by atoms with Gasteiger partial charge in [0, 0.05) is 18.9 Å². The number of unbranched alkanes of at least 4 members (excludes halogenated alkanes) is 2. The molecule has 0 fully saturated rings. The summed E-state index contributed by atoms with van der Waals surface area (Å²) in [5, 5.41) is 0. The SMILES string of the molecule is CCCC(C)OCCCCCC(=O)C(CC)CC. The lowest BCUT2D eigenvalue weighted by Crippen LogP contribution is -2.12. The highest BCUT2D eigenvalue weighted by molar-refractivity contribution is 5.80. The summed E-state index contributed by atoms with van der Waals surface area (Å²) in [6.07, 6.45) is 8.70. The zero-order valence-electron chi connectivity index (χ0n) is 12.8. The molecule has 0 aromatic rings. The minimum Gasteiger partial charge on any atom is -0.379 e. The van der Waals surface area contributed by atoms with E-state index in [4.69, 9.17) is 4.74 Å². The van der Waals surface area contributed by atoms with Gasteiger partial charge in [0.1, 0.15) is 5.78 Å². The van der Waals surface area contributed by atoms with Crippen LogP contribution < -0.4 is 0 Å². The van der Waals surface area contributed by atoms with Crippen LogP contribution in [0.15, 0.2) is 0 Å². The minimum atomic E-state index is 0.297. The summed E-state index contributed by atoms with van der Waals surface area (Å²) in [5.41, 5.74) is 0. The zero-order chi connectivity index (χ0) is 13.8. The molecule has 0 aromatic heterocycles. The average molecular weight is 256 g/mol. The van der Waals surface area contributed by atoms with E-state index in [0.29, 0.717) is 17.8 Å². The fraction of sp³-hybridized carbons (Fsp3) is 0.938. The van der Waals surface area contributed by atoms with Gasteiger partial charge in [0.05, 0.1) is 6.10 Å². The fourth-order valence-electron chi connectivity index (χ4n) is 2.30. The molecule has 0 saturated carbocycles. The number of rotatable bonds is 12. The van der Waals surface area contributed by atoms with Gasteiger partial charge in [0.25, 0.3) is 0 Å². The van der Waals surface area contributed by atoms with Crippen LogP contribution in [0.2, 0.25) is 0 Å². The van der Waals surface area contributed by atoms with Crippen molar-refractivity contribution < 1.29 is 9.53 Å². The molecule has 1 atom stereocenters. The summed E-state index contributed by atoms with van der Waals surface area (Å²) < 4.78 is 5.69. The molecule has 0 radical (unpaired) electrons. The van der Waals surface area contributed by atoms with Gasteiger partial charge in [-0.1, -0.05) is 33.6 Å². The Balaban J connectivity index is 3.42. The van der Waals surface area contributed by atoms with Crippen molar-refractivity contribution in [1.29, 1.82) is 0 Å². The maximum Gasteiger partial charge on any atom is 0.135 e. The van der Waals surface area contributed by atoms with Crippen LogP contribution in [0.25, 0.3) is 0 Å². The third-order valence-corrected chi connectivity index (χ3v) is 3.61. The van der Waals surface area contributed by atoms with Gasteiger partial charge in [0.15, 0.2) is 0 Å². The molecule has 0 aromatic carbocycles. The lowest BCUT2D eigenvalue weighted by molar-refractivity contribution is -0.123. The molecule has 0 spiro atoms. The molecule has 1 unspecified atom stereocenters. The fourth-order valence-corrected chi connectivity index (χ4v) is 2.30. The number of ether oxygens (including phenoxy) is 1. The second kappa shape index (κ2) is 11.7. The first-order valence-corrected chi connectivity index (χ1v) is 7.79. The zero-order valence-corrected chi connectivity index (χ0v) is 12.8. The summed E-state index contributed by atoms with van der Waals surface area (Å²) in [6, 6.07) is 0. The molecule has 0 amide bonds. The Hall–Kier alpha value is -0.370. The minimum absolute atomic E-state index is 0.297. The molecule has 0 saturated heterocycles. The normalized spacial score (nSPS) is 12.9. The Bertz CT molecular complexity index is 197. The molecule has 0 aliphatic heterocycles. The molecule has 0 aliphatic carbocycles. The molecule has 18 heavy (non-hydrogen) atoms. The molecular formula is C16H32O2. The van der Waals surface area contributed by atoms with Crippen molar-refractivity contribution in [3.8, 4) is 0 Å². The third-order valence-electron chi connectivity index (χ3n) is 3.61. The van der Waals surface area contributed by atoms with Crippen molar-refractivity contribution in [2.75, 3.05) is 6.61 Å². The first-order valence-electron chi connectivity index (χ1n) is 7.79. The van der Waals surface area contributed by atoms with E-state index in [1.165, 1.54) is 6.42 Å². The average Bonchev–Trinajstić information content (AvgIpc) is 2.35. The number of hydrogen-bond acceptors (Lipinski definition) is 2. The summed E-state index contributed by atoms with van der Waals surface area (Å²) in [6.45, 7) is 9.38. The number of hydrogen-bond donors (Lipinski definition) is 0. The van der Waals surface area contributed by atoms with Gasteiger partial charge in [0.2, 0.25) is 0 Å². The molecular weight excluding hydrogens is 224 g/mol. The van der Waals surface area contributed by atoms with Gasteiger partial charge in [-0.25, -0.2) is 0 Å². The summed E-state index contributed by atoms with van der Waals surface area (Å²) in [7, 11) is 0. The van der Waals surface area contributed by atoms with Crippen LogP contribution in [0.1, 0.15) is 79.1 Å². The van der Waals surface area contributed by atoms with E-state index in [1.54, 1.807) is 0 Å². The summed E-state index contributed by atoms with van der Waals surface area (Å²) >= 11 is 0. The van der Waals surface area contributed by atoms with Crippen molar-refractivity contribution in [3.63, 3.8) is 0 Å². The van der Waals surface area contributed by atoms with E-state index >= 15 is 0 Å². The molecule has 2 heteroatoms. The predicted octanol–water partition coefficient (Wildman–Crippen LogP) is 4.76. The Morgan fingerprint density at radius 3 is 2.28 bits per heavy atom. The van der Waals surface area contributed by atoms with E-state index < -0.39 is 0 Å². The van der Waals surface area contributed by atoms with Gasteiger partial charge in [-0.05, 0) is 39.0 Å². The van der Waals surface area contributed by atoms with Crippen molar-refractivity contribution in [1.82, 2.24) is 0 Å². The second-order valence-corrected chi connectivity index (χ2v) is 5.26. The molecule has 0 rings (SSSR count). The first-order chi connectivity index (χ1) is 8.65. The van der Waals surface area contributed by atoms with Gasteiger partial charge in [-0.2, -0.15) is 0 Å². The van der Waals surface area contributed by atoms with Gasteiger partial charge < -0.3 is 4.74 Å². The number of carbonyl (C=O) groups is 1. The highest BCUT2D eigenvalue weighted by atomic mass is 16.5. The predicted molar refractivity (Wildman–Crippen MR) is 77.9 cm³/mol. The Kier molecular flexibility index (Phi) is 11.5. The van der Waals surface area contributed by atoms with Crippen LogP contribution in [0.4, 0.5) is 0 Å². The van der Waals surface area contributed by atoms with Crippen molar-refractivity contribution in [3.05, 3.63) is 0 Å². The molecule has 0 heterocycles. The number of ketones is 1. The molecule has 2 nitrogen and oxygen atoms in total. The molecule has 108 valence electrons. The van der Waals surface area contributed by atoms with Crippen molar-refractivity contribution in [2.45, 2.75) is 85.2 Å². The third kappa shape index (κ3) is 8.68. The number of carbonyl (C=O) groups excluding carboxylic acids is 1. The summed E-state index contributed by atoms with van der Waals surface area (Å²) in [4.78, 5) is 11.8. The molecule has 0 N–H and O–H groups in total. The standard InChI is InChI=1S/C16H32O2/c1-5-11-14(4)18-13-10-8-9-12-16(17)15(6-2)7-3/h14-15H,5-13H2,1-4H3. The van der Waals surface area contributed by atoms with E-state index in [2.05, 4.69) is 27.7 Å². The van der Waals surface area contributed by atoms with Crippen LogP contribution in [0.3, 0.4) is 0 Å². The van der Waals surface area contributed by atoms with Gasteiger partial charge in [-0.3, -0.25) is 4.79 Å². The van der Waals surface area contributed by atoms with E-state index in [1.807, 2.05) is 0 Å². The summed E-state index contributed by atoms with van der Waals surface area (Å²) in [5.74, 6) is 0.756. The van der Waals surface area contributed by atoms with Crippen LogP contribution in [-0.4, -0.2) is 18.5 Å². The quantitative estimate of drug-likeness (QED) is 0.471. The largest absolute Gasteiger partial charge is 0.379 e. The van der Waals surface area contributed by atoms with Gasteiger partial charge in [-0.15, -0.1) is 0 Å². The maximum atomic E-state index is 11.8. The highest BCUT2D eigenvalue weighted by Gasteiger charge is 2.12. The van der Waals surface area contributed by atoms with Crippen LogP contribution in [0.5, 0.6) is 0 Å². The smallest absolute Gasteiger partial charge is 0.135 e. The lowest BCUT2D eigenvalue weighted by Gasteiger charge is -2.12. The van der Waals surface area contributed by atoms with Crippen LogP contribution >= 0.6 is 0 Å². The van der Waals surface area contributed by atoms with E-state index in [0.717, 1.165) is 51.6 Å². The van der Waals surface area contributed by atoms with Crippen molar-refractivity contribution in [2.24, 2.45) is 5.92 Å². The molecule has 0 aliphatic rings. The second-order valence-electron chi connectivity index (χ2n) is 5.26. The van der Waals surface area contributed by atoms with Gasteiger partial charge >= 0.3 is 0 Å². The van der Waals surface area contributed by atoms with Crippen LogP contribution in [0, 0.1) is 5.92 Å². The van der Waals surface area contributed by atoms with E-state index in [-0.39, 0.29) is 0 Å². The maximum absolute atomic E-state index is 11.8. The highest BCUT2D eigenvalue weighted by Crippen LogP contribution is 2.14. The topological polar surface area (TPSA) is 26.3 Å². The Labute approximate surface area is 113 Å². The monoisotopic (exact) mass is 256 g/mol. The number of Topliss-reactive ketones (excluding diaryl/α,β-unsaturated/α-hetero) is 1. The first kappa shape index (κ1) is 17.6.